The second-order valence-corrected chi connectivity index (χ2v) is 4.73. The quantitative estimate of drug-likeness (QED) is 0.295. The molecule has 132 valence electrons. The van der Waals surface area contributed by atoms with Crippen LogP contribution in [-0.2, 0) is 33.4 Å². The highest BCUT2D eigenvalue weighted by molar-refractivity contribution is 5.94. The molecule has 0 radical (unpaired) electrons. The molecule has 0 aromatic carbocycles. The van der Waals surface area contributed by atoms with Crippen LogP contribution >= 0.6 is 0 Å². The van der Waals surface area contributed by atoms with Gasteiger partial charge in [-0.3, -0.25) is 0 Å². The van der Waals surface area contributed by atoms with E-state index in [1.807, 2.05) is 0 Å². The Morgan fingerprint density at radius 1 is 0.958 bits per heavy atom. The molecule has 2 atom stereocenters. The first kappa shape index (κ1) is 19.3. The van der Waals surface area contributed by atoms with Gasteiger partial charge in [-0.05, 0) is 0 Å². The molecule has 2 heterocycles. The lowest BCUT2D eigenvalue weighted by Crippen LogP contribution is -2.07. The van der Waals surface area contributed by atoms with Crippen LogP contribution in [0.1, 0.15) is 6.42 Å². The molecule has 10 nitrogen and oxygen atoms in total. The highest BCUT2D eigenvalue weighted by atomic mass is 16.6. The van der Waals surface area contributed by atoms with E-state index in [1.54, 1.807) is 0 Å². The van der Waals surface area contributed by atoms with Crippen LogP contribution in [0.15, 0.2) is 23.8 Å². The predicted molar refractivity (Wildman–Crippen MR) is 75.2 cm³/mol. The van der Waals surface area contributed by atoms with Crippen molar-refractivity contribution < 1.29 is 48.7 Å². The van der Waals surface area contributed by atoms with Crippen molar-refractivity contribution in [3.8, 4) is 0 Å². The van der Waals surface area contributed by atoms with Gasteiger partial charge in [-0.1, -0.05) is 0 Å². The number of hydrogen-bond donors (Lipinski definition) is 3. The van der Waals surface area contributed by atoms with Gasteiger partial charge in [0, 0.05) is 30.2 Å². The van der Waals surface area contributed by atoms with Crippen molar-refractivity contribution in [2.24, 2.45) is 0 Å². The van der Waals surface area contributed by atoms with Crippen LogP contribution < -0.4 is 0 Å². The molecule has 2 rings (SSSR count). The lowest BCUT2D eigenvalue weighted by molar-refractivity contribution is -0.139. The summed E-state index contributed by atoms with van der Waals surface area (Å²) in [6.45, 7) is 1.32. The Balaban J connectivity index is 0.000000240. The molecular formula is C14H16O10. The fraction of sp³-hybridized carbons (Fsp3) is 0.429. The Hall–Kier alpha value is -2.72. The summed E-state index contributed by atoms with van der Waals surface area (Å²) in [4.78, 5) is 41.1. The van der Waals surface area contributed by atoms with Crippen LogP contribution in [0.4, 0.5) is 0 Å². The van der Waals surface area contributed by atoms with Crippen molar-refractivity contribution in [2.45, 2.75) is 18.6 Å². The predicted octanol–water partition coefficient (Wildman–Crippen LogP) is -0.560. The van der Waals surface area contributed by atoms with Gasteiger partial charge >= 0.3 is 23.9 Å². The van der Waals surface area contributed by atoms with Gasteiger partial charge < -0.3 is 29.5 Å². The Bertz CT molecular complexity index is 552. The zero-order valence-corrected chi connectivity index (χ0v) is 12.4. The number of carbonyl (C=O) groups is 4. The van der Waals surface area contributed by atoms with E-state index < -0.39 is 23.9 Å². The largest absolute Gasteiger partial charge is 0.478 e. The molecule has 24 heavy (non-hydrogen) atoms. The molecule has 2 saturated heterocycles. The van der Waals surface area contributed by atoms with E-state index in [-0.39, 0.29) is 30.8 Å². The minimum Gasteiger partial charge on any atom is -0.478 e. The van der Waals surface area contributed by atoms with Crippen LogP contribution in [0.2, 0.25) is 0 Å². The Labute approximate surface area is 135 Å². The molecule has 10 heteroatoms. The van der Waals surface area contributed by atoms with E-state index in [2.05, 4.69) is 4.74 Å². The number of epoxide rings is 2. The lowest BCUT2D eigenvalue weighted by atomic mass is 10.1. The fourth-order valence-corrected chi connectivity index (χ4v) is 1.31. The number of aliphatic carboxylic acids is 3. The van der Waals surface area contributed by atoms with Crippen molar-refractivity contribution in [3.05, 3.63) is 23.8 Å². The molecule has 0 aromatic rings. The second-order valence-electron chi connectivity index (χ2n) is 4.73. The fourth-order valence-electron chi connectivity index (χ4n) is 1.31. The summed E-state index contributed by atoms with van der Waals surface area (Å²) in [7, 11) is 0. The van der Waals surface area contributed by atoms with Gasteiger partial charge in [-0.25, -0.2) is 19.2 Å². The van der Waals surface area contributed by atoms with E-state index >= 15 is 0 Å². The molecule has 0 amide bonds. The monoisotopic (exact) mass is 344 g/mol. The first-order valence-corrected chi connectivity index (χ1v) is 6.75. The maximum atomic E-state index is 10.7. The molecule has 0 spiro atoms. The van der Waals surface area contributed by atoms with Crippen molar-refractivity contribution >= 4 is 23.9 Å². The van der Waals surface area contributed by atoms with Crippen molar-refractivity contribution in [3.63, 3.8) is 0 Å². The van der Waals surface area contributed by atoms with E-state index in [0.717, 1.165) is 12.2 Å². The summed E-state index contributed by atoms with van der Waals surface area (Å²) in [6, 6.07) is 0. The average Bonchev–Trinajstić information content (AvgIpc) is 3.36. The van der Waals surface area contributed by atoms with Gasteiger partial charge in [0.05, 0.1) is 19.3 Å². The minimum absolute atomic E-state index is 0.00665. The molecule has 0 saturated carbocycles. The van der Waals surface area contributed by atoms with Gasteiger partial charge in [-0.15, -0.1) is 0 Å². The Morgan fingerprint density at radius 3 is 1.96 bits per heavy atom. The molecule has 3 N–H and O–H groups in total. The number of ether oxygens (including phenoxy) is 3. The van der Waals surface area contributed by atoms with Gasteiger partial charge in [0.15, 0.2) is 0 Å². The normalized spacial score (nSPS) is 21.4. The molecule has 2 unspecified atom stereocenters. The van der Waals surface area contributed by atoms with Gasteiger partial charge in [0.25, 0.3) is 0 Å². The number of carboxylic acids is 3. The lowest BCUT2D eigenvalue weighted by Gasteiger charge is -1.95. The van der Waals surface area contributed by atoms with E-state index in [1.165, 1.54) is 0 Å². The SMILES string of the molecule is O=C(O)/C=C(\CC1CO1)C(=O)O.O=C(O)/C=C/C(=O)OCC1CO1. The maximum absolute atomic E-state index is 10.7. The molecule has 0 aromatic heterocycles. The Kier molecular flexibility index (Phi) is 7.59. The van der Waals surface area contributed by atoms with Crippen LogP contribution in [0, 0.1) is 0 Å². The zero-order chi connectivity index (χ0) is 18.1. The van der Waals surface area contributed by atoms with Crippen LogP contribution in [0.3, 0.4) is 0 Å². The first-order chi connectivity index (χ1) is 11.3. The highest BCUT2D eigenvalue weighted by Crippen LogP contribution is 2.18. The third-order valence-corrected chi connectivity index (χ3v) is 2.60. The number of rotatable bonds is 8. The standard InChI is InChI=1S/2C7H8O5/c8-6(9)2-4(7(10)11)1-5-3-12-5;8-6(9)1-2-7(10)12-4-5-3-11-5/h2,5H,1,3H2,(H,8,9)(H,10,11);1-2,5H,3-4H2,(H,8,9)/b4-2+;2-1+. The smallest absolute Gasteiger partial charge is 0.331 e. The van der Waals surface area contributed by atoms with Gasteiger partial charge in [0.1, 0.15) is 12.7 Å². The number of hydrogen-bond acceptors (Lipinski definition) is 7. The zero-order valence-electron chi connectivity index (χ0n) is 12.4. The van der Waals surface area contributed by atoms with Crippen LogP contribution in [-0.4, -0.2) is 71.2 Å². The van der Waals surface area contributed by atoms with E-state index in [4.69, 9.17) is 24.8 Å². The average molecular weight is 344 g/mol. The molecule has 0 aliphatic carbocycles. The molecule has 2 fully saturated rings. The van der Waals surface area contributed by atoms with Crippen LogP contribution in [0.25, 0.3) is 0 Å². The summed E-state index contributed by atoms with van der Waals surface area (Å²) in [5.74, 6) is -4.27. The van der Waals surface area contributed by atoms with Crippen molar-refractivity contribution in [1.29, 1.82) is 0 Å². The maximum Gasteiger partial charge on any atom is 0.331 e. The summed E-state index contributed by atoms with van der Waals surface area (Å²) >= 11 is 0. The van der Waals surface area contributed by atoms with E-state index in [0.29, 0.717) is 19.3 Å². The molecular weight excluding hydrogens is 328 g/mol. The molecule has 2 aliphatic rings. The topological polar surface area (TPSA) is 163 Å². The summed E-state index contributed by atoms with van der Waals surface area (Å²) in [5, 5.41) is 24.9. The third-order valence-electron chi connectivity index (χ3n) is 2.60. The molecule has 2 aliphatic heterocycles. The summed E-state index contributed by atoms with van der Waals surface area (Å²) < 4.78 is 14.1. The molecule has 0 bridgehead atoms. The van der Waals surface area contributed by atoms with E-state index in [9.17, 15) is 19.2 Å². The number of carbonyl (C=O) groups excluding carboxylic acids is 1. The summed E-state index contributed by atoms with van der Waals surface area (Å²) in [6.07, 6.45) is 2.37. The first-order valence-electron chi connectivity index (χ1n) is 6.75. The van der Waals surface area contributed by atoms with Crippen LogP contribution in [0.5, 0.6) is 0 Å². The van der Waals surface area contributed by atoms with Crippen molar-refractivity contribution in [2.75, 3.05) is 19.8 Å². The second kappa shape index (κ2) is 9.43. The number of carboxylic acid groups (broad SMARTS) is 3. The minimum atomic E-state index is -1.24. The number of esters is 1. The Morgan fingerprint density at radius 2 is 1.54 bits per heavy atom. The highest BCUT2D eigenvalue weighted by Gasteiger charge is 2.26. The third kappa shape index (κ3) is 10.1. The summed E-state index contributed by atoms with van der Waals surface area (Å²) in [5.41, 5.74) is -0.120. The van der Waals surface area contributed by atoms with Gasteiger partial charge in [0.2, 0.25) is 0 Å². The van der Waals surface area contributed by atoms with Gasteiger partial charge in [-0.2, -0.15) is 0 Å². The van der Waals surface area contributed by atoms with Crippen molar-refractivity contribution in [1.82, 2.24) is 0 Å².